The Morgan fingerprint density at radius 1 is 1.10 bits per heavy atom. The van der Waals surface area contributed by atoms with Crippen LogP contribution in [0, 0.1) is 5.92 Å². The predicted molar refractivity (Wildman–Crippen MR) is 118 cm³/mol. The zero-order valence-corrected chi connectivity index (χ0v) is 17.3. The van der Waals surface area contributed by atoms with E-state index in [9.17, 15) is 9.59 Å². The molecule has 5 rings (SSSR count). The van der Waals surface area contributed by atoms with Crippen LogP contribution in [0.25, 0.3) is 11.1 Å². The Balaban J connectivity index is 1.39. The number of hydrogen-bond donors (Lipinski definition) is 1. The van der Waals surface area contributed by atoms with Crippen molar-refractivity contribution in [2.24, 2.45) is 5.92 Å². The molecule has 158 valence electrons. The number of benzene rings is 1. The summed E-state index contributed by atoms with van der Waals surface area (Å²) in [6.45, 7) is 1.83. The molecule has 0 spiro atoms. The number of nitrogens with zero attached hydrogens (tertiary/aromatic N) is 3. The standard InChI is InChI=1S/C24H24N4O3/c1-31-22-7-3-2-6-20(22)26-24(30)27-13-16-11-18(15-27)21-9-8-19(23(29)28(21)14-16)17-5-4-10-25-12-17/h2-10,12,16,18H,11,13-15H2,1H3,(H,26,30). The molecule has 31 heavy (non-hydrogen) atoms. The van der Waals surface area contributed by atoms with Gasteiger partial charge in [-0.2, -0.15) is 0 Å². The van der Waals surface area contributed by atoms with Crippen molar-refractivity contribution in [3.05, 3.63) is 77.0 Å². The summed E-state index contributed by atoms with van der Waals surface area (Å²) in [6, 6.07) is 14.9. The van der Waals surface area contributed by atoms with E-state index in [2.05, 4.69) is 10.3 Å². The summed E-state index contributed by atoms with van der Waals surface area (Å²) >= 11 is 0. The molecule has 7 nitrogen and oxygen atoms in total. The fourth-order valence-electron chi connectivity index (χ4n) is 4.80. The summed E-state index contributed by atoms with van der Waals surface area (Å²) < 4.78 is 7.24. The van der Waals surface area contributed by atoms with E-state index < -0.39 is 0 Å². The Hall–Kier alpha value is -3.61. The third-order valence-corrected chi connectivity index (χ3v) is 6.21. The molecule has 0 aliphatic carbocycles. The Kier molecular flexibility index (Phi) is 4.94. The zero-order chi connectivity index (χ0) is 21.4. The molecule has 1 aromatic carbocycles. The molecular formula is C24H24N4O3. The van der Waals surface area contributed by atoms with E-state index in [4.69, 9.17) is 4.74 Å². The van der Waals surface area contributed by atoms with E-state index in [1.54, 1.807) is 19.5 Å². The lowest BCUT2D eigenvalue weighted by Gasteiger charge is -2.42. The maximum absolute atomic E-state index is 13.2. The number of nitrogens with one attached hydrogen (secondary N) is 1. The number of carbonyl (C=O) groups is 1. The quantitative estimate of drug-likeness (QED) is 0.708. The summed E-state index contributed by atoms with van der Waals surface area (Å²) in [4.78, 5) is 32.2. The molecule has 2 aromatic heterocycles. The number of amides is 2. The first kappa shape index (κ1) is 19.4. The first-order valence-electron chi connectivity index (χ1n) is 10.5. The van der Waals surface area contributed by atoms with E-state index >= 15 is 0 Å². The second kappa shape index (κ2) is 7.91. The average molecular weight is 416 g/mol. The largest absolute Gasteiger partial charge is 0.495 e. The van der Waals surface area contributed by atoms with Crippen molar-refractivity contribution in [2.45, 2.75) is 18.9 Å². The Morgan fingerprint density at radius 2 is 1.97 bits per heavy atom. The molecule has 1 saturated heterocycles. The average Bonchev–Trinajstić information content (AvgIpc) is 2.80. The summed E-state index contributed by atoms with van der Waals surface area (Å²) in [7, 11) is 1.59. The van der Waals surface area contributed by atoms with Crippen LogP contribution in [-0.4, -0.2) is 40.7 Å². The van der Waals surface area contributed by atoms with Gasteiger partial charge in [-0.25, -0.2) is 4.79 Å². The lowest BCUT2D eigenvalue weighted by Crippen LogP contribution is -2.50. The number of urea groups is 1. The van der Waals surface area contributed by atoms with Crippen molar-refractivity contribution in [1.82, 2.24) is 14.5 Å². The number of aromatic nitrogens is 2. The van der Waals surface area contributed by atoms with E-state index in [0.29, 0.717) is 36.6 Å². The van der Waals surface area contributed by atoms with Crippen LogP contribution in [0.4, 0.5) is 10.5 Å². The van der Waals surface area contributed by atoms with Gasteiger partial charge in [-0.3, -0.25) is 9.78 Å². The molecule has 2 aliphatic heterocycles. The van der Waals surface area contributed by atoms with Crippen LogP contribution in [0.15, 0.2) is 65.7 Å². The number of methoxy groups -OCH3 is 1. The molecule has 2 atom stereocenters. The van der Waals surface area contributed by atoms with Gasteiger partial charge >= 0.3 is 6.03 Å². The molecule has 4 heterocycles. The lowest BCUT2D eigenvalue weighted by atomic mass is 9.83. The maximum atomic E-state index is 13.2. The van der Waals surface area contributed by atoms with Gasteiger partial charge in [0.1, 0.15) is 5.75 Å². The summed E-state index contributed by atoms with van der Waals surface area (Å²) in [5, 5.41) is 2.97. The molecule has 3 aromatic rings. The van der Waals surface area contributed by atoms with Crippen LogP contribution in [0.2, 0.25) is 0 Å². The van der Waals surface area contributed by atoms with Gasteiger partial charge in [-0.05, 0) is 42.7 Å². The second-order valence-electron chi connectivity index (χ2n) is 8.16. The van der Waals surface area contributed by atoms with E-state index in [-0.39, 0.29) is 23.4 Å². The van der Waals surface area contributed by atoms with Crippen LogP contribution < -0.4 is 15.6 Å². The predicted octanol–water partition coefficient (Wildman–Crippen LogP) is 3.57. The number of rotatable bonds is 3. The smallest absolute Gasteiger partial charge is 0.321 e. The highest BCUT2D eigenvalue weighted by Crippen LogP contribution is 2.36. The highest BCUT2D eigenvalue weighted by Gasteiger charge is 2.36. The summed E-state index contributed by atoms with van der Waals surface area (Å²) in [6.07, 6.45) is 4.41. The van der Waals surface area contributed by atoms with Crippen LogP contribution in [-0.2, 0) is 6.54 Å². The topological polar surface area (TPSA) is 76.5 Å². The monoisotopic (exact) mass is 416 g/mol. The maximum Gasteiger partial charge on any atom is 0.321 e. The third-order valence-electron chi connectivity index (χ3n) is 6.21. The molecule has 2 bridgehead atoms. The summed E-state index contributed by atoms with van der Waals surface area (Å²) in [5.41, 5.74) is 3.18. The second-order valence-corrected chi connectivity index (χ2v) is 8.16. The van der Waals surface area contributed by atoms with Gasteiger partial charge in [0.25, 0.3) is 5.56 Å². The Morgan fingerprint density at radius 3 is 2.77 bits per heavy atom. The van der Waals surface area contributed by atoms with Crippen molar-refractivity contribution in [3.8, 4) is 16.9 Å². The molecule has 0 saturated carbocycles. The van der Waals surface area contributed by atoms with Gasteiger partial charge < -0.3 is 19.5 Å². The molecule has 7 heteroatoms. The van der Waals surface area contributed by atoms with Gasteiger partial charge in [0.05, 0.1) is 12.8 Å². The van der Waals surface area contributed by atoms with Gasteiger partial charge in [0.15, 0.2) is 0 Å². The highest BCUT2D eigenvalue weighted by atomic mass is 16.5. The van der Waals surface area contributed by atoms with Crippen molar-refractivity contribution in [3.63, 3.8) is 0 Å². The number of para-hydroxylation sites is 2. The minimum Gasteiger partial charge on any atom is -0.495 e. The van der Waals surface area contributed by atoms with Crippen molar-refractivity contribution in [1.29, 1.82) is 0 Å². The fourth-order valence-corrected chi connectivity index (χ4v) is 4.80. The normalized spacial score (nSPS) is 19.5. The first-order chi connectivity index (χ1) is 15.1. The third kappa shape index (κ3) is 3.56. The minimum absolute atomic E-state index is 0.0205. The Labute approximate surface area is 180 Å². The number of piperidine rings is 1. The first-order valence-corrected chi connectivity index (χ1v) is 10.5. The molecule has 2 amide bonds. The van der Waals surface area contributed by atoms with Gasteiger partial charge in [-0.15, -0.1) is 0 Å². The number of carbonyl (C=O) groups excluding carboxylic acids is 1. The van der Waals surface area contributed by atoms with Gasteiger partial charge in [0, 0.05) is 54.8 Å². The van der Waals surface area contributed by atoms with Crippen molar-refractivity contribution in [2.75, 3.05) is 25.5 Å². The zero-order valence-electron chi connectivity index (χ0n) is 17.3. The van der Waals surface area contributed by atoms with Crippen molar-refractivity contribution < 1.29 is 9.53 Å². The van der Waals surface area contributed by atoms with E-state index in [0.717, 1.165) is 17.7 Å². The SMILES string of the molecule is COc1ccccc1NC(=O)N1CC2CC(C1)c1ccc(-c3cccnc3)c(=O)n1C2. The van der Waals surface area contributed by atoms with Crippen LogP contribution in [0.1, 0.15) is 18.0 Å². The Bertz CT molecular complexity index is 1170. The summed E-state index contributed by atoms with van der Waals surface area (Å²) in [5.74, 6) is 1.02. The lowest BCUT2D eigenvalue weighted by molar-refractivity contribution is 0.139. The number of pyridine rings is 2. The number of anilines is 1. The van der Waals surface area contributed by atoms with Crippen LogP contribution in [0.3, 0.4) is 0 Å². The fraction of sp³-hybridized carbons (Fsp3) is 0.292. The molecule has 2 unspecified atom stereocenters. The van der Waals surface area contributed by atoms with Crippen LogP contribution in [0.5, 0.6) is 5.75 Å². The molecule has 2 aliphatic rings. The molecule has 1 N–H and O–H groups in total. The van der Waals surface area contributed by atoms with Gasteiger partial charge in [-0.1, -0.05) is 18.2 Å². The molecule has 0 radical (unpaired) electrons. The van der Waals surface area contributed by atoms with E-state index in [1.807, 2.05) is 58.0 Å². The molecular weight excluding hydrogens is 392 g/mol. The number of hydrogen-bond acceptors (Lipinski definition) is 4. The number of fused-ring (bicyclic) bond motifs is 4. The van der Waals surface area contributed by atoms with Crippen LogP contribution >= 0.6 is 0 Å². The van der Waals surface area contributed by atoms with E-state index in [1.165, 1.54) is 0 Å². The highest BCUT2D eigenvalue weighted by molar-refractivity contribution is 5.91. The van der Waals surface area contributed by atoms with Gasteiger partial charge in [0.2, 0.25) is 0 Å². The number of likely N-dealkylation sites (tertiary alicyclic amines) is 1. The molecule has 1 fully saturated rings. The van der Waals surface area contributed by atoms with Crippen molar-refractivity contribution >= 4 is 11.7 Å². The number of ether oxygens (including phenoxy) is 1. The minimum atomic E-state index is -0.137.